The van der Waals surface area contributed by atoms with E-state index in [9.17, 15) is 14.4 Å². The minimum Gasteiger partial charge on any atom is -0.462 e. The molecule has 0 radical (unpaired) electrons. The van der Waals surface area contributed by atoms with Gasteiger partial charge in [0.25, 0.3) is 0 Å². The number of allylic oxidation sites excluding steroid dienone is 26. The van der Waals surface area contributed by atoms with Crippen molar-refractivity contribution in [2.75, 3.05) is 13.2 Å². The molecule has 1 unspecified atom stereocenters. The summed E-state index contributed by atoms with van der Waals surface area (Å²) in [5.74, 6) is -1.09. The van der Waals surface area contributed by atoms with Crippen molar-refractivity contribution in [1.29, 1.82) is 0 Å². The minimum atomic E-state index is -0.848. The highest BCUT2D eigenvalue weighted by Gasteiger charge is 2.19. The largest absolute Gasteiger partial charge is 0.462 e. The molecule has 0 aromatic rings. The van der Waals surface area contributed by atoms with Crippen LogP contribution in [0.25, 0.3) is 0 Å². The van der Waals surface area contributed by atoms with Crippen LogP contribution in [-0.2, 0) is 28.6 Å². The molecule has 0 aliphatic rings. The maximum atomic E-state index is 12.8. The van der Waals surface area contributed by atoms with E-state index in [1.165, 1.54) is 51.4 Å². The van der Waals surface area contributed by atoms with Gasteiger partial charge in [-0.3, -0.25) is 14.4 Å². The molecule has 0 fully saturated rings. The fraction of sp³-hybridized carbons (Fsp3) is 0.554. The molecule has 71 heavy (non-hydrogen) atoms. The number of unbranched alkanes of at least 4 members (excludes halogenated alkanes) is 11. The average Bonchev–Trinajstić information content (AvgIpc) is 3.37. The van der Waals surface area contributed by atoms with Crippen molar-refractivity contribution >= 4 is 17.9 Å². The van der Waals surface area contributed by atoms with Crippen molar-refractivity contribution in [3.05, 3.63) is 158 Å². The van der Waals surface area contributed by atoms with Gasteiger partial charge in [-0.2, -0.15) is 0 Å². The number of esters is 3. The molecule has 0 saturated carbocycles. The standard InChI is InChI=1S/C65H100O6/c1-4-7-10-13-16-19-22-24-26-28-30-31-32-33-35-36-38-40-43-46-49-52-55-58-64(67)70-61-62(60-69-63(66)57-54-51-48-45-42-21-18-15-12-9-6-3)71-65(68)59-56-53-50-47-44-41-39-37-34-29-27-25-23-20-17-14-11-8-5-2/h7-8,10-11,16-17,19-20,24-27,30-31,33-35,37-38,40-41,44,46,49-50,53,62H,4-6,9,12-15,18,21-23,28-29,32,36,39,42-43,45,47-48,51-52,54-61H2,1-3H3/b10-7-,11-8-,19-16-,20-17-,26-24-,27-25-,31-30-,35-33-,37-34-,40-38-,44-41-,49-46-,53-50-. The van der Waals surface area contributed by atoms with Crippen LogP contribution in [0.5, 0.6) is 0 Å². The lowest BCUT2D eigenvalue weighted by Gasteiger charge is -2.18. The topological polar surface area (TPSA) is 78.9 Å². The van der Waals surface area contributed by atoms with Crippen molar-refractivity contribution in [2.24, 2.45) is 0 Å². The molecular weight excluding hydrogens is 877 g/mol. The van der Waals surface area contributed by atoms with E-state index in [-0.39, 0.29) is 38.0 Å². The van der Waals surface area contributed by atoms with E-state index in [1.54, 1.807) is 0 Å². The Hall–Kier alpha value is -4.97. The van der Waals surface area contributed by atoms with E-state index in [4.69, 9.17) is 14.2 Å². The highest BCUT2D eigenvalue weighted by molar-refractivity contribution is 5.71. The molecule has 0 aromatic carbocycles. The molecule has 6 heteroatoms. The molecule has 0 heterocycles. The first-order valence-electron chi connectivity index (χ1n) is 28.0. The lowest BCUT2D eigenvalue weighted by atomic mass is 10.1. The van der Waals surface area contributed by atoms with E-state index in [0.717, 1.165) is 109 Å². The summed E-state index contributed by atoms with van der Waals surface area (Å²) in [5, 5.41) is 0. The van der Waals surface area contributed by atoms with E-state index in [1.807, 2.05) is 12.2 Å². The molecule has 0 bridgehead atoms. The monoisotopic (exact) mass is 977 g/mol. The van der Waals surface area contributed by atoms with E-state index in [2.05, 4.69) is 167 Å². The summed E-state index contributed by atoms with van der Waals surface area (Å²) in [4.78, 5) is 38.0. The number of carbonyl (C=O) groups excluding carboxylic acids is 3. The molecular formula is C65H100O6. The van der Waals surface area contributed by atoms with Crippen LogP contribution in [-0.4, -0.2) is 37.2 Å². The Bertz CT molecular complexity index is 1640. The second kappa shape index (κ2) is 57.6. The molecule has 396 valence electrons. The molecule has 0 rings (SSSR count). The molecule has 6 nitrogen and oxygen atoms in total. The summed E-state index contributed by atoms with van der Waals surface area (Å²) in [5.41, 5.74) is 0. The third-order valence-corrected chi connectivity index (χ3v) is 11.0. The minimum absolute atomic E-state index is 0.132. The number of rotatable bonds is 48. The van der Waals surface area contributed by atoms with Gasteiger partial charge in [0, 0.05) is 19.3 Å². The highest BCUT2D eigenvalue weighted by Crippen LogP contribution is 2.13. The molecule has 0 aliphatic carbocycles. The zero-order chi connectivity index (χ0) is 51.4. The number of carbonyl (C=O) groups is 3. The van der Waals surface area contributed by atoms with Gasteiger partial charge in [-0.1, -0.05) is 243 Å². The molecule has 0 saturated heterocycles. The summed E-state index contributed by atoms with van der Waals surface area (Å²) in [6.07, 6.45) is 83.9. The zero-order valence-corrected chi connectivity index (χ0v) is 45.2. The van der Waals surface area contributed by atoms with E-state index in [0.29, 0.717) is 19.3 Å². The number of hydrogen-bond acceptors (Lipinski definition) is 6. The van der Waals surface area contributed by atoms with Crippen molar-refractivity contribution in [3.8, 4) is 0 Å². The van der Waals surface area contributed by atoms with Gasteiger partial charge in [0.1, 0.15) is 13.2 Å². The number of ether oxygens (including phenoxy) is 3. The van der Waals surface area contributed by atoms with Crippen LogP contribution in [0, 0.1) is 0 Å². The molecule has 0 amide bonds. The molecule has 0 aliphatic heterocycles. The first-order valence-corrected chi connectivity index (χ1v) is 28.0. The summed E-state index contributed by atoms with van der Waals surface area (Å²) < 4.78 is 16.7. The maximum absolute atomic E-state index is 12.8. The lowest BCUT2D eigenvalue weighted by Crippen LogP contribution is -2.30. The second-order valence-electron chi connectivity index (χ2n) is 17.7. The summed E-state index contributed by atoms with van der Waals surface area (Å²) >= 11 is 0. The Balaban J connectivity index is 4.59. The van der Waals surface area contributed by atoms with Gasteiger partial charge in [0.05, 0.1) is 0 Å². The van der Waals surface area contributed by atoms with Crippen LogP contribution < -0.4 is 0 Å². The Labute approximate surface area is 435 Å². The first kappa shape index (κ1) is 66.0. The predicted octanol–water partition coefficient (Wildman–Crippen LogP) is 19.0. The fourth-order valence-electron chi connectivity index (χ4n) is 6.93. The van der Waals surface area contributed by atoms with Gasteiger partial charge in [-0.05, 0) is 109 Å². The summed E-state index contributed by atoms with van der Waals surface area (Å²) in [6, 6.07) is 0. The zero-order valence-electron chi connectivity index (χ0n) is 45.2. The van der Waals surface area contributed by atoms with Gasteiger partial charge in [0.15, 0.2) is 6.10 Å². The summed E-state index contributed by atoms with van der Waals surface area (Å²) in [6.45, 7) is 6.27. The van der Waals surface area contributed by atoms with Crippen LogP contribution in [0.3, 0.4) is 0 Å². The Kier molecular flexibility index (Phi) is 53.6. The van der Waals surface area contributed by atoms with Crippen LogP contribution in [0.4, 0.5) is 0 Å². The molecule has 0 spiro atoms. The normalized spacial score (nSPS) is 13.3. The van der Waals surface area contributed by atoms with Gasteiger partial charge in [0.2, 0.25) is 0 Å². The fourth-order valence-corrected chi connectivity index (χ4v) is 6.93. The van der Waals surface area contributed by atoms with Crippen LogP contribution >= 0.6 is 0 Å². The van der Waals surface area contributed by atoms with Gasteiger partial charge in [-0.15, -0.1) is 0 Å². The van der Waals surface area contributed by atoms with E-state index < -0.39 is 12.1 Å². The smallest absolute Gasteiger partial charge is 0.306 e. The number of hydrogen-bond donors (Lipinski definition) is 0. The van der Waals surface area contributed by atoms with Crippen LogP contribution in [0.1, 0.15) is 213 Å². The van der Waals surface area contributed by atoms with Gasteiger partial charge in [-0.25, -0.2) is 0 Å². The van der Waals surface area contributed by atoms with Crippen molar-refractivity contribution in [1.82, 2.24) is 0 Å². The van der Waals surface area contributed by atoms with Crippen LogP contribution in [0.2, 0.25) is 0 Å². The first-order chi connectivity index (χ1) is 35.0. The quantitative estimate of drug-likeness (QED) is 0.0262. The van der Waals surface area contributed by atoms with E-state index >= 15 is 0 Å². The SMILES string of the molecule is CC/C=C\C/C=C\C/C=C\C/C=C\C/C=C\C/C=C\C/C=C\CCCC(=O)OCC(COC(=O)CCCCCCCCCCCCC)OC(=O)CC/C=C\C/C=C\C/C=C\C/C=C\C/C=C\C/C=C\CC. The van der Waals surface area contributed by atoms with Gasteiger partial charge >= 0.3 is 17.9 Å². The Morgan fingerprint density at radius 1 is 0.296 bits per heavy atom. The molecule has 0 aromatic heterocycles. The van der Waals surface area contributed by atoms with Crippen molar-refractivity contribution < 1.29 is 28.6 Å². The summed E-state index contributed by atoms with van der Waals surface area (Å²) in [7, 11) is 0. The third-order valence-electron chi connectivity index (χ3n) is 11.0. The highest BCUT2D eigenvalue weighted by atomic mass is 16.6. The predicted molar refractivity (Wildman–Crippen MR) is 306 cm³/mol. The second-order valence-corrected chi connectivity index (χ2v) is 17.7. The van der Waals surface area contributed by atoms with Crippen molar-refractivity contribution in [3.63, 3.8) is 0 Å². The molecule has 0 N–H and O–H groups in total. The average molecular weight is 978 g/mol. The van der Waals surface area contributed by atoms with Gasteiger partial charge < -0.3 is 14.2 Å². The van der Waals surface area contributed by atoms with Crippen LogP contribution in [0.15, 0.2) is 158 Å². The van der Waals surface area contributed by atoms with Crippen molar-refractivity contribution in [2.45, 2.75) is 219 Å². The lowest BCUT2D eigenvalue weighted by molar-refractivity contribution is -0.166. The maximum Gasteiger partial charge on any atom is 0.306 e. The third kappa shape index (κ3) is 55.8. The molecule has 1 atom stereocenters. The Morgan fingerprint density at radius 3 is 0.915 bits per heavy atom. The Morgan fingerprint density at radius 2 is 0.577 bits per heavy atom.